The van der Waals surface area contributed by atoms with Gasteiger partial charge in [-0.25, -0.2) is 4.39 Å². The molecule has 0 saturated heterocycles. The lowest BCUT2D eigenvalue weighted by atomic mass is 10.1. The predicted octanol–water partition coefficient (Wildman–Crippen LogP) is 3.15. The monoisotopic (exact) mass is 308 g/mol. The summed E-state index contributed by atoms with van der Waals surface area (Å²) in [5.74, 6) is -1.05. The Bertz CT molecular complexity index is 416. The highest BCUT2D eigenvalue weighted by Gasteiger charge is 2.15. The molecular formula is C13H19Cl2FN2O. The lowest BCUT2D eigenvalue weighted by Crippen LogP contribution is -2.40. The van der Waals surface area contributed by atoms with E-state index in [2.05, 4.69) is 12.2 Å². The van der Waals surface area contributed by atoms with Crippen LogP contribution in [-0.4, -0.2) is 18.5 Å². The van der Waals surface area contributed by atoms with Crippen LogP contribution < -0.4 is 11.1 Å². The first-order valence-electron chi connectivity index (χ1n) is 6.04. The van der Waals surface area contributed by atoms with Crippen molar-refractivity contribution in [1.82, 2.24) is 5.32 Å². The topological polar surface area (TPSA) is 55.1 Å². The van der Waals surface area contributed by atoms with E-state index in [0.717, 1.165) is 19.3 Å². The molecule has 0 aliphatic rings. The molecule has 1 aromatic rings. The zero-order chi connectivity index (χ0) is 13.5. The lowest BCUT2D eigenvalue weighted by Gasteiger charge is -2.16. The van der Waals surface area contributed by atoms with Gasteiger partial charge in [0.2, 0.25) is 0 Å². The molecule has 0 heterocycles. The smallest absolute Gasteiger partial charge is 0.254 e. The van der Waals surface area contributed by atoms with Crippen molar-refractivity contribution in [3.63, 3.8) is 0 Å². The third-order valence-corrected chi connectivity index (χ3v) is 2.93. The summed E-state index contributed by atoms with van der Waals surface area (Å²) in [5, 5.41) is 3.06. The largest absolute Gasteiger partial charge is 0.348 e. The standard InChI is InChI=1S/C13H18ClFN2O.ClH/c1-2-3-4-10(8-16)17-13(18)11-7-9(14)5-6-12(11)15;/h5-7,10H,2-4,8,16H2,1H3,(H,17,18);1H. The van der Waals surface area contributed by atoms with Crippen LogP contribution in [0.4, 0.5) is 4.39 Å². The van der Waals surface area contributed by atoms with E-state index in [-0.39, 0.29) is 24.0 Å². The quantitative estimate of drug-likeness (QED) is 0.848. The van der Waals surface area contributed by atoms with Crippen LogP contribution in [0.25, 0.3) is 0 Å². The Morgan fingerprint density at radius 2 is 2.21 bits per heavy atom. The molecule has 0 aromatic heterocycles. The fraction of sp³-hybridized carbons (Fsp3) is 0.462. The molecule has 1 rings (SSSR count). The number of halogens is 3. The van der Waals surface area contributed by atoms with Gasteiger partial charge in [0.25, 0.3) is 5.91 Å². The Morgan fingerprint density at radius 3 is 2.79 bits per heavy atom. The number of carbonyl (C=O) groups is 1. The molecule has 0 aliphatic carbocycles. The first-order chi connectivity index (χ1) is 8.58. The van der Waals surface area contributed by atoms with Gasteiger partial charge in [0.1, 0.15) is 5.82 Å². The van der Waals surface area contributed by atoms with Crippen molar-refractivity contribution in [3.05, 3.63) is 34.6 Å². The Hall–Kier alpha value is -0.840. The molecule has 0 saturated carbocycles. The molecule has 108 valence electrons. The molecule has 1 atom stereocenters. The molecule has 0 fully saturated rings. The van der Waals surface area contributed by atoms with Crippen molar-refractivity contribution in [2.75, 3.05) is 6.54 Å². The lowest BCUT2D eigenvalue weighted by molar-refractivity contribution is 0.0931. The highest BCUT2D eigenvalue weighted by Crippen LogP contribution is 2.15. The Morgan fingerprint density at radius 1 is 1.53 bits per heavy atom. The average molecular weight is 309 g/mol. The first kappa shape index (κ1) is 18.2. The van der Waals surface area contributed by atoms with Gasteiger partial charge < -0.3 is 11.1 Å². The highest BCUT2D eigenvalue weighted by molar-refractivity contribution is 6.31. The van der Waals surface area contributed by atoms with Gasteiger partial charge in [-0.1, -0.05) is 31.4 Å². The highest BCUT2D eigenvalue weighted by atomic mass is 35.5. The zero-order valence-corrected chi connectivity index (χ0v) is 12.4. The fourth-order valence-electron chi connectivity index (χ4n) is 1.63. The number of nitrogens with two attached hydrogens (primary N) is 1. The van der Waals surface area contributed by atoms with Crippen LogP contribution in [0, 0.1) is 5.82 Å². The molecule has 1 amide bonds. The maximum absolute atomic E-state index is 13.5. The number of carbonyl (C=O) groups excluding carboxylic acids is 1. The van der Waals surface area contributed by atoms with Gasteiger partial charge in [-0.3, -0.25) is 4.79 Å². The minimum atomic E-state index is -0.580. The van der Waals surface area contributed by atoms with Gasteiger partial charge in [-0.2, -0.15) is 0 Å². The predicted molar refractivity (Wildman–Crippen MR) is 78.5 cm³/mol. The number of hydrogen-bond donors (Lipinski definition) is 2. The van der Waals surface area contributed by atoms with E-state index in [9.17, 15) is 9.18 Å². The average Bonchev–Trinajstić information content (AvgIpc) is 2.37. The summed E-state index contributed by atoms with van der Waals surface area (Å²) in [4.78, 5) is 11.9. The number of benzene rings is 1. The molecule has 19 heavy (non-hydrogen) atoms. The molecule has 3 nitrogen and oxygen atoms in total. The summed E-state index contributed by atoms with van der Waals surface area (Å²) in [6, 6.07) is 3.78. The van der Waals surface area contributed by atoms with E-state index in [1.807, 2.05) is 0 Å². The summed E-state index contributed by atoms with van der Waals surface area (Å²) < 4.78 is 13.5. The third kappa shape index (κ3) is 5.76. The number of amides is 1. The molecule has 0 radical (unpaired) electrons. The van der Waals surface area contributed by atoms with Crippen molar-refractivity contribution in [1.29, 1.82) is 0 Å². The van der Waals surface area contributed by atoms with Gasteiger partial charge >= 0.3 is 0 Å². The van der Waals surface area contributed by atoms with E-state index >= 15 is 0 Å². The summed E-state index contributed by atoms with van der Waals surface area (Å²) >= 11 is 5.74. The Balaban J connectivity index is 0.00000324. The summed E-state index contributed by atoms with van der Waals surface area (Å²) in [7, 11) is 0. The number of nitrogens with one attached hydrogen (secondary N) is 1. The molecule has 6 heteroatoms. The maximum Gasteiger partial charge on any atom is 0.254 e. The van der Waals surface area contributed by atoms with Crippen molar-refractivity contribution in [2.45, 2.75) is 32.2 Å². The van der Waals surface area contributed by atoms with Crippen LogP contribution >= 0.6 is 24.0 Å². The van der Waals surface area contributed by atoms with Crippen molar-refractivity contribution in [2.24, 2.45) is 5.73 Å². The van der Waals surface area contributed by atoms with E-state index < -0.39 is 11.7 Å². The fourth-order valence-corrected chi connectivity index (χ4v) is 1.81. The second-order valence-electron chi connectivity index (χ2n) is 4.17. The van der Waals surface area contributed by atoms with Crippen LogP contribution in [-0.2, 0) is 0 Å². The second kappa shape index (κ2) is 9.13. The summed E-state index contributed by atoms with van der Waals surface area (Å²) in [6.07, 6.45) is 2.79. The van der Waals surface area contributed by atoms with E-state index in [0.29, 0.717) is 11.6 Å². The van der Waals surface area contributed by atoms with Crippen molar-refractivity contribution < 1.29 is 9.18 Å². The number of rotatable bonds is 6. The normalized spacial score (nSPS) is 11.6. The van der Waals surface area contributed by atoms with Gasteiger partial charge in [0.05, 0.1) is 5.56 Å². The zero-order valence-electron chi connectivity index (χ0n) is 10.8. The second-order valence-corrected chi connectivity index (χ2v) is 4.61. The molecule has 0 bridgehead atoms. The molecule has 0 aliphatic heterocycles. The molecule has 3 N–H and O–H groups in total. The summed E-state index contributed by atoms with van der Waals surface area (Å²) in [5.41, 5.74) is 5.53. The van der Waals surface area contributed by atoms with E-state index in [4.69, 9.17) is 17.3 Å². The van der Waals surface area contributed by atoms with Crippen LogP contribution in [0.1, 0.15) is 36.5 Å². The SMILES string of the molecule is CCCCC(CN)NC(=O)c1cc(Cl)ccc1F.Cl. The van der Waals surface area contributed by atoms with Gasteiger partial charge in [-0.05, 0) is 24.6 Å². The van der Waals surface area contributed by atoms with Gasteiger partial charge in [-0.15, -0.1) is 12.4 Å². The first-order valence-corrected chi connectivity index (χ1v) is 6.42. The third-order valence-electron chi connectivity index (χ3n) is 2.70. The molecule has 1 aromatic carbocycles. The van der Waals surface area contributed by atoms with Crippen LogP contribution in [0.2, 0.25) is 5.02 Å². The summed E-state index contributed by atoms with van der Waals surface area (Å²) in [6.45, 7) is 2.40. The Labute approximate surface area is 124 Å². The van der Waals surface area contributed by atoms with Crippen LogP contribution in [0.3, 0.4) is 0 Å². The minimum absolute atomic E-state index is 0. The van der Waals surface area contributed by atoms with E-state index in [1.54, 1.807) is 0 Å². The van der Waals surface area contributed by atoms with Gasteiger partial charge in [0.15, 0.2) is 0 Å². The Kier molecular flexibility index (Phi) is 8.72. The number of unbranched alkanes of at least 4 members (excludes halogenated alkanes) is 1. The van der Waals surface area contributed by atoms with E-state index in [1.165, 1.54) is 18.2 Å². The van der Waals surface area contributed by atoms with Crippen LogP contribution in [0.15, 0.2) is 18.2 Å². The van der Waals surface area contributed by atoms with Gasteiger partial charge in [0, 0.05) is 17.6 Å². The van der Waals surface area contributed by atoms with Crippen molar-refractivity contribution in [3.8, 4) is 0 Å². The number of hydrogen-bond acceptors (Lipinski definition) is 2. The van der Waals surface area contributed by atoms with Crippen LogP contribution in [0.5, 0.6) is 0 Å². The van der Waals surface area contributed by atoms with Crippen molar-refractivity contribution >= 4 is 29.9 Å². The molecule has 1 unspecified atom stereocenters. The molecule has 0 spiro atoms. The minimum Gasteiger partial charge on any atom is -0.348 e. The molecular weight excluding hydrogens is 290 g/mol. The maximum atomic E-state index is 13.5.